The van der Waals surface area contributed by atoms with Crippen molar-refractivity contribution in [2.75, 3.05) is 17.1 Å². The third kappa shape index (κ3) is 4.88. The number of sulfonamides is 1. The van der Waals surface area contributed by atoms with Gasteiger partial charge in [0, 0.05) is 17.3 Å². The van der Waals surface area contributed by atoms with E-state index >= 15 is 0 Å². The lowest BCUT2D eigenvalue weighted by Gasteiger charge is -2.12. The molecule has 0 radical (unpaired) electrons. The summed E-state index contributed by atoms with van der Waals surface area (Å²) in [5, 5.41) is 2.67. The Kier molecular flexibility index (Phi) is 5.79. The van der Waals surface area contributed by atoms with E-state index < -0.39 is 21.7 Å². The van der Waals surface area contributed by atoms with Crippen LogP contribution in [-0.2, 0) is 10.0 Å². The number of ether oxygens (including phenoxy) is 1. The van der Waals surface area contributed by atoms with Crippen molar-refractivity contribution < 1.29 is 22.3 Å². The maximum Gasteiger partial charge on any atom is 0.261 e. The predicted octanol–water partition coefficient (Wildman–Crippen LogP) is 3.59. The predicted molar refractivity (Wildman–Crippen MR) is 107 cm³/mol. The largest absolute Gasteiger partial charge is 0.481 e. The van der Waals surface area contributed by atoms with Gasteiger partial charge in [-0.1, -0.05) is 6.07 Å². The molecule has 0 aliphatic rings. The van der Waals surface area contributed by atoms with Crippen molar-refractivity contribution in [3.63, 3.8) is 0 Å². The van der Waals surface area contributed by atoms with Crippen LogP contribution in [0.2, 0.25) is 0 Å². The fraction of sp³-hybridized carbons (Fsp3) is 0.100. The molecule has 0 aliphatic heterocycles. The first kappa shape index (κ1) is 20.3. The summed E-state index contributed by atoms with van der Waals surface area (Å²) < 4.78 is 45.6. The normalized spacial score (nSPS) is 11.0. The molecule has 2 aromatic carbocycles. The van der Waals surface area contributed by atoms with Crippen LogP contribution >= 0.6 is 0 Å². The van der Waals surface area contributed by atoms with Crippen molar-refractivity contribution in [2.24, 2.45) is 0 Å². The van der Waals surface area contributed by atoms with E-state index in [9.17, 15) is 17.6 Å². The number of pyridine rings is 1. The van der Waals surface area contributed by atoms with Crippen LogP contribution in [0.5, 0.6) is 5.88 Å². The van der Waals surface area contributed by atoms with Gasteiger partial charge < -0.3 is 10.1 Å². The first-order valence-corrected chi connectivity index (χ1v) is 9.97. The number of aromatic nitrogens is 1. The first-order chi connectivity index (χ1) is 13.8. The lowest BCUT2D eigenvalue weighted by molar-refractivity contribution is 0.102. The summed E-state index contributed by atoms with van der Waals surface area (Å²) >= 11 is 0. The van der Waals surface area contributed by atoms with Crippen molar-refractivity contribution in [1.29, 1.82) is 0 Å². The van der Waals surface area contributed by atoms with Gasteiger partial charge >= 0.3 is 0 Å². The standard InChI is InChI=1S/C20H18FN3O4S/c1-13-3-9-17(29(26,27)24-15-6-4-14(21)5-7-15)11-18(13)20(25)23-16-8-10-19(28-2)22-12-16/h3-12,24H,1-2H3,(H,23,25). The van der Waals surface area contributed by atoms with Gasteiger partial charge in [0.15, 0.2) is 0 Å². The van der Waals surface area contributed by atoms with Gasteiger partial charge in [0.2, 0.25) is 5.88 Å². The molecule has 3 aromatic rings. The van der Waals surface area contributed by atoms with Crippen molar-refractivity contribution in [3.05, 3.63) is 77.7 Å². The van der Waals surface area contributed by atoms with Crippen LogP contribution in [0.3, 0.4) is 0 Å². The van der Waals surface area contributed by atoms with Crippen molar-refractivity contribution in [3.8, 4) is 5.88 Å². The monoisotopic (exact) mass is 415 g/mol. The molecule has 0 saturated heterocycles. The molecule has 1 amide bonds. The van der Waals surface area contributed by atoms with E-state index in [0.29, 0.717) is 17.1 Å². The fourth-order valence-corrected chi connectivity index (χ4v) is 3.60. The third-order valence-corrected chi connectivity index (χ3v) is 5.44. The highest BCUT2D eigenvalue weighted by atomic mass is 32.2. The van der Waals surface area contributed by atoms with Gasteiger partial charge in [-0.05, 0) is 55.0 Å². The molecule has 0 aliphatic carbocycles. The van der Waals surface area contributed by atoms with Crippen LogP contribution in [0.15, 0.2) is 65.7 Å². The molecular weight excluding hydrogens is 397 g/mol. The van der Waals surface area contributed by atoms with Crippen LogP contribution in [-0.4, -0.2) is 26.4 Å². The second kappa shape index (κ2) is 8.27. The molecule has 1 heterocycles. The number of nitrogens with zero attached hydrogens (tertiary/aromatic N) is 1. The van der Waals surface area contributed by atoms with Crippen LogP contribution in [0, 0.1) is 12.7 Å². The Balaban J connectivity index is 1.84. The Morgan fingerprint density at radius 3 is 2.34 bits per heavy atom. The SMILES string of the molecule is COc1ccc(NC(=O)c2cc(S(=O)(=O)Nc3ccc(F)cc3)ccc2C)cn1. The van der Waals surface area contributed by atoms with Crippen LogP contribution in [0.1, 0.15) is 15.9 Å². The first-order valence-electron chi connectivity index (χ1n) is 8.49. The molecule has 3 rings (SSSR count). The van der Waals surface area contributed by atoms with E-state index in [2.05, 4.69) is 15.0 Å². The molecule has 7 nitrogen and oxygen atoms in total. The summed E-state index contributed by atoms with van der Waals surface area (Å²) in [6, 6.07) is 12.4. The van der Waals surface area contributed by atoms with Crippen LogP contribution in [0.4, 0.5) is 15.8 Å². The number of carbonyl (C=O) groups excluding carboxylic acids is 1. The smallest absolute Gasteiger partial charge is 0.261 e. The summed E-state index contributed by atoms with van der Waals surface area (Å²) in [6.07, 6.45) is 1.43. The van der Waals surface area contributed by atoms with Gasteiger partial charge in [0.1, 0.15) is 5.82 Å². The highest BCUT2D eigenvalue weighted by Gasteiger charge is 2.18. The van der Waals surface area contributed by atoms with Gasteiger partial charge in [0.05, 0.1) is 23.9 Å². The third-order valence-electron chi connectivity index (χ3n) is 4.06. The van der Waals surface area contributed by atoms with E-state index in [4.69, 9.17) is 4.74 Å². The quantitative estimate of drug-likeness (QED) is 0.641. The average molecular weight is 415 g/mol. The Morgan fingerprint density at radius 2 is 1.72 bits per heavy atom. The van der Waals surface area contributed by atoms with E-state index in [1.54, 1.807) is 25.1 Å². The minimum atomic E-state index is -3.96. The zero-order valence-corrected chi connectivity index (χ0v) is 16.5. The number of anilines is 2. The van der Waals surface area contributed by atoms with E-state index in [-0.39, 0.29) is 16.1 Å². The highest BCUT2D eigenvalue weighted by Crippen LogP contribution is 2.21. The Bertz CT molecular complexity index is 1130. The second-order valence-electron chi connectivity index (χ2n) is 6.13. The molecule has 0 saturated carbocycles. The van der Waals surface area contributed by atoms with Gasteiger partial charge in [-0.15, -0.1) is 0 Å². The van der Waals surface area contributed by atoms with Crippen molar-refractivity contribution >= 4 is 27.3 Å². The van der Waals surface area contributed by atoms with Crippen LogP contribution in [0.25, 0.3) is 0 Å². The maximum absolute atomic E-state index is 13.0. The number of amides is 1. The van der Waals surface area contributed by atoms with E-state index in [0.717, 1.165) is 12.1 Å². The number of methoxy groups -OCH3 is 1. The lowest BCUT2D eigenvalue weighted by Crippen LogP contribution is -2.17. The number of halogens is 1. The number of hydrogen-bond acceptors (Lipinski definition) is 5. The maximum atomic E-state index is 13.0. The van der Waals surface area contributed by atoms with E-state index in [1.165, 1.54) is 37.6 Å². The molecule has 2 N–H and O–H groups in total. The van der Waals surface area contributed by atoms with Crippen LogP contribution < -0.4 is 14.8 Å². The molecule has 29 heavy (non-hydrogen) atoms. The Labute approximate surface area is 167 Å². The lowest BCUT2D eigenvalue weighted by atomic mass is 10.1. The fourth-order valence-electron chi connectivity index (χ4n) is 2.52. The summed E-state index contributed by atoms with van der Waals surface area (Å²) in [5.41, 5.74) is 1.45. The number of benzene rings is 2. The Hall–Kier alpha value is -3.46. The topological polar surface area (TPSA) is 97.4 Å². The number of hydrogen-bond donors (Lipinski definition) is 2. The summed E-state index contributed by atoms with van der Waals surface area (Å²) in [4.78, 5) is 16.6. The molecule has 1 aromatic heterocycles. The molecule has 0 bridgehead atoms. The summed E-state index contributed by atoms with van der Waals surface area (Å²) in [7, 11) is -2.48. The average Bonchev–Trinajstić information content (AvgIpc) is 2.70. The molecule has 0 spiro atoms. The number of rotatable bonds is 6. The number of nitrogens with one attached hydrogen (secondary N) is 2. The molecule has 0 fully saturated rings. The van der Waals surface area contributed by atoms with E-state index in [1.807, 2.05) is 0 Å². The molecular formula is C20H18FN3O4S. The number of carbonyl (C=O) groups is 1. The second-order valence-corrected chi connectivity index (χ2v) is 7.81. The molecule has 150 valence electrons. The zero-order valence-electron chi connectivity index (χ0n) is 15.6. The minimum absolute atomic E-state index is 0.0922. The zero-order chi connectivity index (χ0) is 21.0. The van der Waals surface area contributed by atoms with Gasteiger partial charge in [0.25, 0.3) is 15.9 Å². The van der Waals surface area contributed by atoms with Gasteiger partial charge in [-0.2, -0.15) is 0 Å². The molecule has 9 heteroatoms. The van der Waals surface area contributed by atoms with Gasteiger partial charge in [-0.25, -0.2) is 17.8 Å². The number of aryl methyl sites for hydroxylation is 1. The Morgan fingerprint density at radius 1 is 1.03 bits per heavy atom. The van der Waals surface area contributed by atoms with Crippen molar-refractivity contribution in [1.82, 2.24) is 4.98 Å². The summed E-state index contributed by atoms with van der Waals surface area (Å²) in [5.74, 6) is -0.553. The molecule has 0 unspecified atom stereocenters. The highest BCUT2D eigenvalue weighted by molar-refractivity contribution is 7.92. The molecule has 0 atom stereocenters. The minimum Gasteiger partial charge on any atom is -0.481 e. The van der Waals surface area contributed by atoms with Crippen molar-refractivity contribution in [2.45, 2.75) is 11.8 Å². The van der Waals surface area contributed by atoms with Gasteiger partial charge in [-0.3, -0.25) is 9.52 Å². The summed E-state index contributed by atoms with van der Waals surface area (Å²) in [6.45, 7) is 1.70.